The molecular formula is C18H22FN3S. The molecule has 0 saturated carbocycles. The first-order chi connectivity index (χ1) is 11.2. The third kappa shape index (κ3) is 3.26. The van der Waals surface area contributed by atoms with E-state index in [9.17, 15) is 4.39 Å². The lowest BCUT2D eigenvalue weighted by Crippen LogP contribution is -2.44. The highest BCUT2D eigenvalue weighted by Gasteiger charge is 2.41. The molecule has 0 N–H and O–H groups in total. The second kappa shape index (κ2) is 6.21. The average molecular weight is 331 g/mol. The molecule has 0 radical (unpaired) electrons. The van der Waals surface area contributed by atoms with Crippen molar-refractivity contribution in [2.45, 2.75) is 25.8 Å². The van der Waals surface area contributed by atoms with Crippen LogP contribution >= 0.6 is 11.3 Å². The second-order valence-electron chi connectivity index (χ2n) is 6.93. The summed E-state index contributed by atoms with van der Waals surface area (Å²) in [6.45, 7) is 5.47. The van der Waals surface area contributed by atoms with Gasteiger partial charge in [-0.3, -0.25) is 4.90 Å². The lowest BCUT2D eigenvalue weighted by molar-refractivity contribution is 0.0991. The van der Waals surface area contributed by atoms with Crippen LogP contribution in [0.3, 0.4) is 0 Å². The van der Waals surface area contributed by atoms with Gasteiger partial charge in [-0.15, -0.1) is 11.3 Å². The lowest BCUT2D eigenvalue weighted by Gasteiger charge is -2.40. The molecule has 1 spiro atoms. The van der Waals surface area contributed by atoms with Crippen LogP contribution in [0.1, 0.15) is 24.8 Å². The van der Waals surface area contributed by atoms with Crippen molar-refractivity contribution < 1.29 is 4.39 Å². The van der Waals surface area contributed by atoms with E-state index in [1.54, 1.807) is 23.5 Å². The van der Waals surface area contributed by atoms with Crippen LogP contribution in [0.15, 0.2) is 35.8 Å². The van der Waals surface area contributed by atoms with Crippen molar-refractivity contribution in [3.8, 4) is 0 Å². The molecule has 2 aliphatic heterocycles. The molecule has 0 bridgehead atoms. The number of thiazole rings is 1. The Labute approximate surface area is 140 Å². The molecule has 1 atom stereocenters. The Balaban J connectivity index is 1.42. The van der Waals surface area contributed by atoms with Gasteiger partial charge in [-0.05, 0) is 43.5 Å². The van der Waals surface area contributed by atoms with E-state index in [1.165, 1.54) is 24.8 Å². The summed E-state index contributed by atoms with van der Waals surface area (Å²) in [6.07, 6.45) is 5.72. The van der Waals surface area contributed by atoms with Gasteiger partial charge in [0, 0.05) is 43.2 Å². The molecule has 23 heavy (non-hydrogen) atoms. The summed E-state index contributed by atoms with van der Waals surface area (Å²) in [7, 11) is 0. The van der Waals surface area contributed by atoms with Crippen LogP contribution in [0.25, 0.3) is 0 Å². The van der Waals surface area contributed by atoms with Crippen molar-refractivity contribution in [2.75, 3.05) is 31.1 Å². The molecule has 1 aromatic carbocycles. The van der Waals surface area contributed by atoms with Gasteiger partial charge < -0.3 is 4.90 Å². The zero-order valence-corrected chi connectivity index (χ0v) is 14.1. The third-order valence-electron chi connectivity index (χ3n) is 5.19. The topological polar surface area (TPSA) is 19.4 Å². The van der Waals surface area contributed by atoms with E-state index in [0.29, 0.717) is 5.41 Å². The van der Waals surface area contributed by atoms with E-state index in [0.717, 1.165) is 37.9 Å². The first-order valence-corrected chi connectivity index (χ1v) is 9.22. The Kier molecular flexibility index (Phi) is 4.07. The van der Waals surface area contributed by atoms with E-state index in [2.05, 4.69) is 20.2 Å². The molecule has 122 valence electrons. The van der Waals surface area contributed by atoms with Gasteiger partial charge in [0.15, 0.2) is 5.13 Å². The maximum absolute atomic E-state index is 13.1. The zero-order valence-electron chi connectivity index (χ0n) is 13.2. The van der Waals surface area contributed by atoms with Crippen LogP contribution in [0, 0.1) is 11.2 Å². The van der Waals surface area contributed by atoms with E-state index in [4.69, 9.17) is 0 Å². The van der Waals surface area contributed by atoms with Crippen LogP contribution in [0.5, 0.6) is 0 Å². The predicted molar refractivity (Wildman–Crippen MR) is 92.3 cm³/mol. The second-order valence-corrected chi connectivity index (χ2v) is 7.80. The van der Waals surface area contributed by atoms with Crippen molar-refractivity contribution in [1.82, 2.24) is 9.88 Å². The average Bonchev–Trinajstić information content (AvgIpc) is 3.20. The smallest absolute Gasteiger partial charge is 0.185 e. The maximum atomic E-state index is 13.1. The zero-order chi connectivity index (χ0) is 15.7. The molecule has 0 amide bonds. The Morgan fingerprint density at radius 3 is 2.78 bits per heavy atom. The minimum atomic E-state index is -0.154. The number of rotatable bonds is 3. The van der Waals surface area contributed by atoms with E-state index < -0.39 is 0 Å². The van der Waals surface area contributed by atoms with Gasteiger partial charge in [-0.2, -0.15) is 0 Å². The van der Waals surface area contributed by atoms with Gasteiger partial charge in [-0.1, -0.05) is 12.1 Å². The predicted octanol–water partition coefficient (Wildman–Crippen LogP) is 3.77. The Morgan fingerprint density at radius 1 is 1.13 bits per heavy atom. The van der Waals surface area contributed by atoms with E-state index in [1.807, 2.05) is 18.3 Å². The molecule has 3 heterocycles. The number of hydrogen-bond donors (Lipinski definition) is 0. The number of anilines is 1. The lowest BCUT2D eigenvalue weighted by atomic mass is 9.79. The highest BCUT2D eigenvalue weighted by Crippen LogP contribution is 2.41. The molecule has 0 aliphatic carbocycles. The largest absolute Gasteiger partial charge is 0.347 e. The highest BCUT2D eigenvalue weighted by molar-refractivity contribution is 7.13. The van der Waals surface area contributed by atoms with Crippen molar-refractivity contribution in [1.29, 1.82) is 0 Å². The minimum Gasteiger partial charge on any atom is -0.347 e. The molecular weight excluding hydrogens is 309 g/mol. The van der Waals surface area contributed by atoms with Crippen LogP contribution in [-0.2, 0) is 6.54 Å². The van der Waals surface area contributed by atoms with Crippen molar-refractivity contribution in [3.63, 3.8) is 0 Å². The first kappa shape index (κ1) is 15.1. The van der Waals surface area contributed by atoms with Crippen LogP contribution in [0.4, 0.5) is 9.52 Å². The summed E-state index contributed by atoms with van der Waals surface area (Å²) in [5.41, 5.74) is 1.61. The quantitative estimate of drug-likeness (QED) is 0.853. The fourth-order valence-corrected chi connectivity index (χ4v) is 4.77. The molecule has 4 rings (SSSR count). The highest BCUT2D eigenvalue weighted by atomic mass is 32.1. The van der Waals surface area contributed by atoms with Gasteiger partial charge >= 0.3 is 0 Å². The number of likely N-dealkylation sites (tertiary alicyclic amines) is 1. The number of aromatic nitrogens is 1. The van der Waals surface area contributed by atoms with Gasteiger partial charge in [0.2, 0.25) is 0 Å². The van der Waals surface area contributed by atoms with Crippen molar-refractivity contribution in [3.05, 3.63) is 47.2 Å². The Hall–Kier alpha value is -1.46. The number of benzene rings is 1. The van der Waals surface area contributed by atoms with E-state index in [-0.39, 0.29) is 5.82 Å². The van der Waals surface area contributed by atoms with Gasteiger partial charge in [0.05, 0.1) is 0 Å². The fraction of sp³-hybridized carbons (Fsp3) is 0.500. The molecule has 3 nitrogen and oxygen atoms in total. The molecule has 5 heteroatoms. The standard InChI is InChI=1S/C18H22FN3S/c19-16-4-2-15(3-5-16)12-21-9-1-6-18(13-21)7-10-22(14-18)17-20-8-11-23-17/h2-5,8,11H,1,6-7,9-10,12-14H2/t18-/m1/s1. The third-order valence-corrected chi connectivity index (χ3v) is 6.02. The number of piperidine rings is 1. The molecule has 2 aliphatic rings. The van der Waals surface area contributed by atoms with Gasteiger partial charge in [-0.25, -0.2) is 9.37 Å². The molecule has 2 aromatic rings. The number of nitrogens with zero attached hydrogens (tertiary/aromatic N) is 3. The number of hydrogen-bond acceptors (Lipinski definition) is 4. The summed E-state index contributed by atoms with van der Waals surface area (Å²) in [6, 6.07) is 6.95. The van der Waals surface area contributed by atoms with Crippen molar-refractivity contribution in [2.24, 2.45) is 5.41 Å². The van der Waals surface area contributed by atoms with Crippen LogP contribution in [-0.4, -0.2) is 36.1 Å². The van der Waals surface area contributed by atoms with E-state index >= 15 is 0 Å². The fourth-order valence-electron chi connectivity index (χ4n) is 4.10. The normalized spacial score (nSPS) is 25.3. The van der Waals surface area contributed by atoms with Gasteiger partial charge in [0.1, 0.15) is 5.82 Å². The Morgan fingerprint density at radius 2 is 2.00 bits per heavy atom. The monoisotopic (exact) mass is 331 g/mol. The van der Waals surface area contributed by atoms with Gasteiger partial charge in [0.25, 0.3) is 0 Å². The summed E-state index contributed by atoms with van der Waals surface area (Å²) < 4.78 is 13.1. The molecule has 2 saturated heterocycles. The maximum Gasteiger partial charge on any atom is 0.185 e. The summed E-state index contributed by atoms with van der Waals surface area (Å²) in [5.74, 6) is -0.154. The molecule has 2 fully saturated rings. The van der Waals surface area contributed by atoms with Crippen LogP contribution < -0.4 is 4.90 Å². The summed E-state index contributed by atoms with van der Waals surface area (Å²) >= 11 is 1.74. The summed E-state index contributed by atoms with van der Waals surface area (Å²) in [4.78, 5) is 9.46. The number of halogens is 1. The molecule has 1 aromatic heterocycles. The minimum absolute atomic E-state index is 0.154. The van der Waals surface area contributed by atoms with Crippen molar-refractivity contribution >= 4 is 16.5 Å². The molecule has 0 unspecified atom stereocenters. The first-order valence-electron chi connectivity index (χ1n) is 8.34. The van der Waals surface area contributed by atoms with Crippen LogP contribution in [0.2, 0.25) is 0 Å². The summed E-state index contributed by atoms with van der Waals surface area (Å²) in [5, 5.41) is 3.22. The SMILES string of the molecule is Fc1ccc(CN2CCC[C@@]3(CCN(c4nccs4)C3)C2)cc1. The Bertz CT molecular complexity index is 643.